The molecule has 148 valence electrons. The quantitative estimate of drug-likeness (QED) is 0.397. The van der Waals surface area contributed by atoms with Crippen LogP contribution in [0.15, 0.2) is 12.7 Å². The second-order valence-corrected chi connectivity index (χ2v) is 9.61. The molecule has 3 rings (SSSR count). The molecule has 0 aromatic carbocycles. The van der Waals surface area contributed by atoms with Gasteiger partial charge in [-0.05, 0) is 101 Å². The summed E-state index contributed by atoms with van der Waals surface area (Å²) in [5, 5.41) is 0. The summed E-state index contributed by atoms with van der Waals surface area (Å²) in [6.07, 6.45) is 18.1. The number of carbonyl (C=O) groups excluding carboxylic acids is 1. The summed E-state index contributed by atoms with van der Waals surface area (Å²) in [7, 11) is 0. The SMILES string of the molecule is C=CCCC1CCC(C2CCC(C(C)C3CCC(C)OC3=O)CC2)CC1. The van der Waals surface area contributed by atoms with Crippen molar-refractivity contribution in [3.63, 3.8) is 0 Å². The second kappa shape index (κ2) is 9.42. The molecule has 1 heterocycles. The fourth-order valence-corrected chi connectivity index (χ4v) is 6.13. The van der Waals surface area contributed by atoms with Crippen LogP contribution in [0.5, 0.6) is 0 Å². The lowest BCUT2D eigenvalue weighted by molar-refractivity contribution is -0.162. The Morgan fingerprint density at radius 3 is 2.19 bits per heavy atom. The molecular weight excluding hydrogens is 320 g/mol. The van der Waals surface area contributed by atoms with Crippen LogP contribution in [0.3, 0.4) is 0 Å². The summed E-state index contributed by atoms with van der Waals surface area (Å²) >= 11 is 0. The first-order valence-electron chi connectivity index (χ1n) is 11.4. The fourth-order valence-electron chi connectivity index (χ4n) is 6.13. The molecule has 3 atom stereocenters. The first-order valence-corrected chi connectivity index (χ1v) is 11.4. The molecule has 0 spiro atoms. The molecular formula is C24H40O2. The van der Waals surface area contributed by atoms with E-state index >= 15 is 0 Å². The van der Waals surface area contributed by atoms with Crippen molar-refractivity contribution in [1.29, 1.82) is 0 Å². The lowest BCUT2D eigenvalue weighted by Crippen LogP contribution is -2.37. The summed E-state index contributed by atoms with van der Waals surface area (Å²) in [6.45, 7) is 8.21. The highest BCUT2D eigenvalue weighted by atomic mass is 16.5. The topological polar surface area (TPSA) is 26.3 Å². The van der Waals surface area contributed by atoms with Gasteiger partial charge in [0.2, 0.25) is 0 Å². The fraction of sp³-hybridized carbons (Fsp3) is 0.875. The largest absolute Gasteiger partial charge is 0.462 e. The van der Waals surface area contributed by atoms with Gasteiger partial charge < -0.3 is 4.74 Å². The number of cyclic esters (lactones) is 1. The van der Waals surface area contributed by atoms with E-state index in [1.54, 1.807) is 0 Å². The van der Waals surface area contributed by atoms with E-state index < -0.39 is 0 Å². The minimum atomic E-state index is 0.0798. The molecule has 3 unspecified atom stereocenters. The van der Waals surface area contributed by atoms with Gasteiger partial charge in [-0.2, -0.15) is 0 Å². The summed E-state index contributed by atoms with van der Waals surface area (Å²) in [5.74, 6) is 4.38. The Morgan fingerprint density at radius 2 is 1.62 bits per heavy atom. The van der Waals surface area contributed by atoms with Crippen molar-refractivity contribution in [2.24, 2.45) is 35.5 Å². The van der Waals surface area contributed by atoms with Crippen molar-refractivity contribution >= 4 is 5.97 Å². The van der Waals surface area contributed by atoms with Crippen molar-refractivity contribution in [3.8, 4) is 0 Å². The summed E-state index contributed by atoms with van der Waals surface area (Å²) < 4.78 is 5.52. The third-order valence-electron chi connectivity index (χ3n) is 8.04. The monoisotopic (exact) mass is 360 g/mol. The zero-order chi connectivity index (χ0) is 18.5. The molecule has 1 saturated heterocycles. The van der Waals surface area contributed by atoms with Crippen molar-refractivity contribution in [3.05, 3.63) is 12.7 Å². The van der Waals surface area contributed by atoms with Gasteiger partial charge in [-0.25, -0.2) is 0 Å². The molecule has 3 fully saturated rings. The normalized spacial score (nSPS) is 39.8. The van der Waals surface area contributed by atoms with Gasteiger partial charge >= 0.3 is 5.97 Å². The predicted molar refractivity (Wildman–Crippen MR) is 108 cm³/mol. The van der Waals surface area contributed by atoms with E-state index in [2.05, 4.69) is 19.6 Å². The second-order valence-electron chi connectivity index (χ2n) is 9.61. The van der Waals surface area contributed by atoms with Gasteiger partial charge in [0.15, 0.2) is 0 Å². The lowest BCUT2D eigenvalue weighted by atomic mass is 9.65. The Labute approximate surface area is 161 Å². The van der Waals surface area contributed by atoms with Crippen LogP contribution in [0.25, 0.3) is 0 Å². The molecule has 2 nitrogen and oxygen atoms in total. The number of allylic oxidation sites excluding steroid dienone is 1. The standard InChI is InChI=1S/C24H40O2/c1-4-5-6-19-8-10-21(11-9-19)22-14-12-20(13-15-22)18(3)23-16-7-17(2)26-24(23)25/h4,17-23H,1,5-16H2,2-3H3. The molecule has 0 amide bonds. The maximum Gasteiger partial charge on any atom is 0.309 e. The van der Waals surface area contributed by atoms with Gasteiger partial charge in [-0.15, -0.1) is 6.58 Å². The van der Waals surface area contributed by atoms with E-state index in [1.165, 1.54) is 64.2 Å². The Balaban J connectivity index is 1.41. The molecule has 2 saturated carbocycles. The highest BCUT2D eigenvalue weighted by Crippen LogP contribution is 2.45. The van der Waals surface area contributed by atoms with Gasteiger partial charge in [0.25, 0.3) is 0 Å². The van der Waals surface area contributed by atoms with E-state index in [0.29, 0.717) is 5.92 Å². The number of hydrogen-bond acceptors (Lipinski definition) is 2. The van der Waals surface area contributed by atoms with Crippen molar-refractivity contribution < 1.29 is 9.53 Å². The number of rotatable bonds is 6. The summed E-state index contributed by atoms with van der Waals surface area (Å²) in [4.78, 5) is 12.3. The highest BCUT2D eigenvalue weighted by Gasteiger charge is 2.38. The average molecular weight is 361 g/mol. The first-order chi connectivity index (χ1) is 12.6. The van der Waals surface area contributed by atoms with Gasteiger partial charge in [-0.3, -0.25) is 4.79 Å². The van der Waals surface area contributed by atoms with Crippen molar-refractivity contribution in [1.82, 2.24) is 0 Å². The molecule has 26 heavy (non-hydrogen) atoms. The molecule has 0 radical (unpaired) electrons. The van der Waals surface area contributed by atoms with Gasteiger partial charge in [0.1, 0.15) is 0 Å². The Kier molecular flexibility index (Phi) is 7.23. The minimum absolute atomic E-state index is 0.0798. The van der Waals surface area contributed by atoms with Crippen LogP contribution in [0.2, 0.25) is 0 Å². The van der Waals surface area contributed by atoms with Gasteiger partial charge in [0, 0.05) is 0 Å². The zero-order valence-electron chi connectivity index (χ0n) is 17.1. The molecule has 1 aliphatic heterocycles. The van der Waals surface area contributed by atoms with E-state index in [-0.39, 0.29) is 18.0 Å². The number of hydrogen-bond donors (Lipinski definition) is 0. The first kappa shape index (κ1) is 20.0. The van der Waals surface area contributed by atoms with Crippen molar-refractivity contribution in [2.45, 2.75) is 97.0 Å². The number of ether oxygens (including phenoxy) is 1. The van der Waals surface area contributed by atoms with E-state index in [9.17, 15) is 4.79 Å². The lowest BCUT2D eigenvalue weighted by Gasteiger charge is -2.41. The summed E-state index contributed by atoms with van der Waals surface area (Å²) in [5.41, 5.74) is 0. The molecule has 0 N–H and O–H groups in total. The number of carbonyl (C=O) groups is 1. The molecule has 0 aromatic heterocycles. The molecule has 2 aliphatic carbocycles. The zero-order valence-corrected chi connectivity index (χ0v) is 17.1. The predicted octanol–water partition coefficient (Wildman–Crippen LogP) is 6.54. The third-order valence-corrected chi connectivity index (χ3v) is 8.04. The average Bonchev–Trinajstić information content (AvgIpc) is 2.66. The van der Waals surface area contributed by atoms with Gasteiger partial charge in [-0.1, -0.05) is 25.8 Å². The van der Waals surface area contributed by atoms with Crippen LogP contribution in [0.1, 0.15) is 90.9 Å². The maximum atomic E-state index is 12.3. The maximum absolute atomic E-state index is 12.3. The molecule has 2 heteroatoms. The van der Waals surface area contributed by atoms with Crippen LogP contribution in [-0.4, -0.2) is 12.1 Å². The number of esters is 1. The molecule has 3 aliphatic rings. The van der Waals surface area contributed by atoms with E-state index in [0.717, 1.165) is 36.5 Å². The third kappa shape index (κ3) is 4.93. The Hall–Kier alpha value is -0.790. The van der Waals surface area contributed by atoms with Crippen LogP contribution in [0, 0.1) is 35.5 Å². The molecule has 0 bridgehead atoms. The molecule has 0 aromatic rings. The minimum Gasteiger partial charge on any atom is -0.462 e. The van der Waals surface area contributed by atoms with Gasteiger partial charge in [0.05, 0.1) is 12.0 Å². The van der Waals surface area contributed by atoms with Crippen LogP contribution in [-0.2, 0) is 9.53 Å². The van der Waals surface area contributed by atoms with Crippen LogP contribution >= 0.6 is 0 Å². The highest BCUT2D eigenvalue weighted by molar-refractivity contribution is 5.73. The van der Waals surface area contributed by atoms with E-state index in [1.807, 2.05) is 6.92 Å². The van der Waals surface area contributed by atoms with E-state index in [4.69, 9.17) is 4.74 Å². The van der Waals surface area contributed by atoms with Crippen LogP contribution < -0.4 is 0 Å². The smallest absolute Gasteiger partial charge is 0.309 e. The Bertz CT molecular complexity index is 455. The Morgan fingerprint density at radius 1 is 1.00 bits per heavy atom. The van der Waals surface area contributed by atoms with Crippen molar-refractivity contribution in [2.75, 3.05) is 0 Å². The summed E-state index contributed by atoms with van der Waals surface area (Å²) in [6, 6.07) is 0. The van der Waals surface area contributed by atoms with Crippen LogP contribution in [0.4, 0.5) is 0 Å².